The van der Waals surface area contributed by atoms with Gasteiger partial charge in [-0.1, -0.05) is 18.2 Å². The Bertz CT molecular complexity index is 1030. The highest BCUT2D eigenvalue weighted by atomic mass is 16.5. The van der Waals surface area contributed by atoms with Crippen molar-refractivity contribution in [3.05, 3.63) is 66.5 Å². The van der Waals surface area contributed by atoms with E-state index in [2.05, 4.69) is 20.4 Å². The molecule has 0 amide bonds. The zero-order valence-corrected chi connectivity index (χ0v) is 14.0. The number of hydrogen-bond acceptors (Lipinski definition) is 5. The van der Waals surface area contributed by atoms with E-state index in [1.54, 1.807) is 19.5 Å². The highest BCUT2D eigenvalue weighted by molar-refractivity contribution is 5.77. The van der Waals surface area contributed by atoms with Crippen molar-refractivity contribution in [3.63, 3.8) is 0 Å². The van der Waals surface area contributed by atoms with Crippen LogP contribution >= 0.6 is 0 Å². The van der Waals surface area contributed by atoms with Gasteiger partial charge >= 0.3 is 0 Å². The Balaban J connectivity index is 1.76. The van der Waals surface area contributed by atoms with Gasteiger partial charge < -0.3 is 10.1 Å². The van der Waals surface area contributed by atoms with Crippen LogP contribution in [0.15, 0.2) is 60.9 Å². The van der Waals surface area contributed by atoms with E-state index < -0.39 is 0 Å². The fraction of sp³-hybridized carbons (Fsp3) is 0.105. The van der Waals surface area contributed by atoms with E-state index >= 15 is 0 Å². The molecule has 25 heavy (non-hydrogen) atoms. The Labute approximate surface area is 145 Å². The minimum absolute atomic E-state index is 0.534. The maximum Gasteiger partial charge on any atom is 0.229 e. The van der Waals surface area contributed by atoms with Gasteiger partial charge in [0.15, 0.2) is 5.65 Å². The number of methoxy groups -OCH3 is 1. The van der Waals surface area contributed by atoms with Crippen LogP contribution in [0.4, 0.5) is 11.6 Å². The second-order valence-corrected chi connectivity index (χ2v) is 5.67. The molecule has 2 heterocycles. The topological polar surface area (TPSA) is 64.9 Å². The van der Waals surface area contributed by atoms with Crippen LogP contribution in [0.1, 0.15) is 5.56 Å². The van der Waals surface area contributed by atoms with Gasteiger partial charge in [-0.15, -0.1) is 0 Å². The summed E-state index contributed by atoms with van der Waals surface area (Å²) in [6.07, 6.45) is 3.54. The molecule has 4 aromatic rings. The Morgan fingerprint density at radius 3 is 2.64 bits per heavy atom. The summed E-state index contributed by atoms with van der Waals surface area (Å²) in [4.78, 5) is 9.00. The normalized spacial score (nSPS) is 10.8. The largest absolute Gasteiger partial charge is 0.497 e. The van der Waals surface area contributed by atoms with E-state index in [1.165, 1.54) is 0 Å². The predicted molar refractivity (Wildman–Crippen MR) is 97.7 cm³/mol. The molecule has 6 nitrogen and oxygen atoms in total. The summed E-state index contributed by atoms with van der Waals surface area (Å²) in [6.45, 7) is 2.02. The first-order valence-electron chi connectivity index (χ1n) is 7.92. The van der Waals surface area contributed by atoms with Crippen LogP contribution in [0.5, 0.6) is 5.75 Å². The Morgan fingerprint density at radius 2 is 1.88 bits per heavy atom. The monoisotopic (exact) mass is 331 g/mol. The van der Waals surface area contributed by atoms with Crippen molar-refractivity contribution in [3.8, 4) is 11.4 Å². The lowest BCUT2D eigenvalue weighted by Gasteiger charge is -2.09. The molecule has 0 aliphatic heterocycles. The number of nitrogens with one attached hydrogen (secondary N) is 1. The lowest BCUT2D eigenvalue weighted by atomic mass is 10.2. The number of nitrogens with zero attached hydrogens (tertiary/aromatic N) is 4. The van der Waals surface area contributed by atoms with Crippen LogP contribution in [0.3, 0.4) is 0 Å². The number of benzene rings is 2. The van der Waals surface area contributed by atoms with Gasteiger partial charge in [0.05, 0.1) is 24.4 Å². The molecular weight excluding hydrogens is 314 g/mol. The molecule has 0 radical (unpaired) electrons. The van der Waals surface area contributed by atoms with Gasteiger partial charge in [0.25, 0.3) is 0 Å². The van der Waals surface area contributed by atoms with Crippen molar-refractivity contribution in [2.45, 2.75) is 6.92 Å². The van der Waals surface area contributed by atoms with Crippen LogP contribution in [0, 0.1) is 6.92 Å². The van der Waals surface area contributed by atoms with Crippen molar-refractivity contribution in [1.82, 2.24) is 19.7 Å². The van der Waals surface area contributed by atoms with Crippen LogP contribution in [-0.4, -0.2) is 26.9 Å². The van der Waals surface area contributed by atoms with Gasteiger partial charge in [-0.05, 0) is 42.8 Å². The van der Waals surface area contributed by atoms with Gasteiger partial charge in [-0.2, -0.15) is 10.1 Å². The SMILES string of the molecule is COc1ccc(-n2ncc3cnc(Nc4ccccc4)nc32)c(C)c1. The van der Waals surface area contributed by atoms with Crippen molar-refractivity contribution in [1.29, 1.82) is 0 Å². The highest BCUT2D eigenvalue weighted by Gasteiger charge is 2.11. The number of aromatic nitrogens is 4. The third-order valence-corrected chi connectivity index (χ3v) is 3.97. The zero-order valence-electron chi connectivity index (χ0n) is 14.0. The van der Waals surface area contributed by atoms with E-state index in [0.717, 1.165) is 33.7 Å². The van der Waals surface area contributed by atoms with Crippen molar-refractivity contribution in [2.75, 3.05) is 12.4 Å². The summed E-state index contributed by atoms with van der Waals surface area (Å²) >= 11 is 0. The number of aryl methyl sites for hydroxylation is 1. The molecule has 6 heteroatoms. The van der Waals surface area contributed by atoms with Gasteiger partial charge in [-0.3, -0.25) is 0 Å². The van der Waals surface area contributed by atoms with E-state index in [0.29, 0.717) is 5.95 Å². The zero-order chi connectivity index (χ0) is 17.2. The van der Waals surface area contributed by atoms with Crippen LogP contribution in [0.25, 0.3) is 16.7 Å². The molecule has 0 aliphatic carbocycles. The highest BCUT2D eigenvalue weighted by Crippen LogP contribution is 2.24. The summed E-state index contributed by atoms with van der Waals surface area (Å²) in [5.41, 5.74) is 3.70. The lowest BCUT2D eigenvalue weighted by molar-refractivity contribution is 0.414. The molecule has 2 aromatic heterocycles. The minimum atomic E-state index is 0.534. The smallest absolute Gasteiger partial charge is 0.229 e. The average molecular weight is 331 g/mol. The number of fused-ring (bicyclic) bond motifs is 1. The molecule has 4 rings (SSSR count). The second-order valence-electron chi connectivity index (χ2n) is 5.67. The molecule has 0 aliphatic rings. The Kier molecular flexibility index (Phi) is 3.78. The van der Waals surface area contributed by atoms with Crippen molar-refractivity contribution >= 4 is 22.7 Å². The predicted octanol–water partition coefficient (Wildman–Crippen LogP) is 3.88. The number of rotatable bonds is 4. The average Bonchev–Trinajstić information content (AvgIpc) is 3.05. The lowest BCUT2D eigenvalue weighted by Crippen LogP contribution is -2.03. The van der Waals surface area contributed by atoms with Gasteiger partial charge in [0.1, 0.15) is 5.75 Å². The van der Waals surface area contributed by atoms with Gasteiger partial charge in [0.2, 0.25) is 5.95 Å². The number of hydrogen-bond donors (Lipinski definition) is 1. The van der Waals surface area contributed by atoms with Crippen molar-refractivity contribution in [2.24, 2.45) is 0 Å². The molecule has 0 saturated heterocycles. The van der Waals surface area contributed by atoms with Crippen LogP contribution in [-0.2, 0) is 0 Å². The molecule has 0 atom stereocenters. The number of anilines is 2. The molecular formula is C19H17N5O. The Hall–Kier alpha value is -3.41. The third kappa shape index (κ3) is 2.89. The van der Waals surface area contributed by atoms with Crippen molar-refractivity contribution < 1.29 is 4.74 Å². The summed E-state index contributed by atoms with van der Waals surface area (Å²) in [7, 11) is 1.66. The van der Waals surface area contributed by atoms with Crippen LogP contribution < -0.4 is 10.1 Å². The summed E-state index contributed by atoms with van der Waals surface area (Å²) < 4.78 is 7.10. The summed E-state index contributed by atoms with van der Waals surface area (Å²) in [5.74, 6) is 1.35. The second kappa shape index (κ2) is 6.24. The summed E-state index contributed by atoms with van der Waals surface area (Å²) in [5, 5.41) is 8.57. The molecule has 0 spiro atoms. The van der Waals surface area contributed by atoms with E-state index in [9.17, 15) is 0 Å². The van der Waals surface area contributed by atoms with Gasteiger partial charge in [0, 0.05) is 11.9 Å². The first-order chi connectivity index (χ1) is 12.2. The maximum absolute atomic E-state index is 5.28. The first kappa shape index (κ1) is 15.1. The quantitative estimate of drug-likeness (QED) is 0.615. The van der Waals surface area contributed by atoms with Crippen LogP contribution in [0.2, 0.25) is 0 Å². The third-order valence-electron chi connectivity index (χ3n) is 3.97. The Morgan fingerprint density at radius 1 is 1.04 bits per heavy atom. The molecule has 2 aromatic carbocycles. The minimum Gasteiger partial charge on any atom is -0.497 e. The molecule has 0 fully saturated rings. The van der Waals surface area contributed by atoms with E-state index in [1.807, 2.05) is 60.1 Å². The van der Waals surface area contributed by atoms with Gasteiger partial charge in [-0.25, -0.2) is 9.67 Å². The fourth-order valence-corrected chi connectivity index (χ4v) is 2.70. The van der Waals surface area contributed by atoms with E-state index in [4.69, 9.17) is 4.74 Å². The number of para-hydroxylation sites is 1. The molecule has 0 saturated carbocycles. The number of ether oxygens (including phenoxy) is 1. The molecule has 0 bridgehead atoms. The van der Waals surface area contributed by atoms with E-state index in [-0.39, 0.29) is 0 Å². The maximum atomic E-state index is 5.28. The first-order valence-corrected chi connectivity index (χ1v) is 7.92. The summed E-state index contributed by atoms with van der Waals surface area (Å²) in [6, 6.07) is 15.7. The molecule has 0 unspecified atom stereocenters. The standard InChI is InChI=1S/C19H17N5O/c1-13-10-16(25-2)8-9-17(13)24-18-14(12-21-24)11-20-19(23-18)22-15-6-4-3-5-7-15/h3-12H,1-2H3,(H,20,22,23). The fourth-order valence-electron chi connectivity index (χ4n) is 2.70. The molecule has 1 N–H and O–H groups in total. The molecule has 124 valence electrons.